The molecule has 0 radical (unpaired) electrons. The smallest absolute Gasteiger partial charge is 0.253 e. The molecule has 1 aliphatic heterocycles. The summed E-state index contributed by atoms with van der Waals surface area (Å²) in [5.74, 6) is -0.630. The second kappa shape index (κ2) is 5.39. The zero-order valence-electron chi connectivity index (χ0n) is 9.95. The van der Waals surface area contributed by atoms with Crippen LogP contribution in [0.15, 0.2) is 18.2 Å². The average Bonchev–Trinajstić information content (AvgIpc) is 2.37. The third-order valence-corrected chi connectivity index (χ3v) is 2.71. The number of carbonyl (C=O) groups is 2. The lowest BCUT2D eigenvalue weighted by atomic mass is 10.1. The van der Waals surface area contributed by atoms with Crippen molar-refractivity contribution in [2.24, 2.45) is 5.73 Å². The lowest BCUT2D eigenvalue weighted by Crippen LogP contribution is -2.30. The van der Waals surface area contributed by atoms with Crippen molar-refractivity contribution in [3.63, 3.8) is 0 Å². The van der Waals surface area contributed by atoms with Gasteiger partial charge in [-0.15, -0.1) is 0 Å². The maximum absolute atomic E-state index is 12.0. The van der Waals surface area contributed by atoms with Crippen LogP contribution in [0.1, 0.15) is 16.8 Å². The van der Waals surface area contributed by atoms with Gasteiger partial charge in [0.2, 0.25) is 5.91 Å². The first-order valence-corrected chi connectivity index (χ1v) is 5.86. The Balaban J connectivity index is 2.08. The van der Waals surface area contributed by atoms with Gasteiger partial charge in [-0.05, 0) is 12.1 Å². The van der Waals surface area contributed by atoms with E-state index in [4.69, 9.17) is 5.73 Å². The fourth-order valence-corrected chi connectivity index (χ4v) is 1.86. The minimum absolute atomic E-state index is 0.145. The Morgan fingerprint density at radius 3 is 2.83 bits per heavy atom. The number of benzene rings is 1. The molecule has 1 aromatic carbocycles. The summed E-state index contributed by atoms with van der Waals surface area (Å²) in [6.07, 6.45) is 0.145. The molecule has 0 spiro atoms. The lowest BCUT2D eigenvalue weighted by Gasteiger charge is -2.22. The van der Waals surface area contributed by atoms with E-state index in [-0.39, 0.29) is 18.9 Å². The van der Waals surface area contributed by atoms with Gasteiger partial charge < -0.3 is 21.7 Å². The van der Waals surface area contributed by atoms with E-state index in [0.717, 1.165) is 24.5 Å². The number of hydrogen-bond donors (Lipinski definition) is 4. The summed E-state index contributed by atoms with van der Waals surface area (Å²) in [5, 5.41) is 9.08. The van der Waals surface area contributed by atoms with Gasteiger partial charge in [-0.2, -0.15) is 0 Å². The number of amides is 2. The normalized spacial score (nSPS) is 12.9. The first kappa shape index (κ1) is 12.2. The van der Waals surface area contributed by atoms with E-state index in [1.165, 1.54) is 0 Å². The number of rotatable bonds is 4. The van der Waals surface area contributed by atoms with Crippen LogP contribution in [0.4, 0.5) is 11.4 Å². The van der Waals surface area contributed by atoms with Crippen LogP contribution in [0.5, 0.6) is 0 Å². The number of carbonyl (C=O) groups excluding carboxylic acids is 2. The summed E-state index contributed by atoms with van der Waals surface area (Å²) in [7, 11) is 0. The summed E-state index contributed by atoms with van der Waals surface area (Å²) in [4.78, 5) is 22.6. The Morgan fingerprint density at radius 2 is 2.06 bits per heavy atom. The summed E-state index contributed by atoms with van der Waals surface area (Å²) >= 11 is 0. The maximum atomic E-state index is 12.0. The number of hydrogen-bond acceptors (Lipinski definition) is 4. The van der Waals surface area contributed by atoms with Crippen molar-refractivity contribution in [1.29, 1.82) is 0 Å². The third kappa shape index (κ3) is 2.71. The first-order valence-electron chi connectivity index (χ1n) is 5.86. The Labute approximate surface area is 105 Å². The van der Waals surface area contributed by atoms with Crippen LogP contribution in [-0.4, -0.2) is 31.4 Å². The molecule has 96 valence electrons. The van der Waals surface area contributed by atoms with Crippen LogP contribution < -0.4 is 21.7 Å². The molecule has 1 aliphatic rings. The molecule has 5 N–H and O–H groups in total. The van der Waals surface area contributed by atoms with Crippen molar-refractivity contribution in [1.82, 2.24) is 5.32 Å². The SMILES string of the molecule is NC(=O)CCNC(=O)c1cccc2c1NCCN2. The van der Waals surface area contributed by atoms with Crippen molar-refractivity contribution >= 4 is 23.2 Å². The maximum Gasteiger partial charge on any atom is 0.253 e. The molecule has 0 unspecified atom stereocenters. The standard InChI is InChI=1S/C12H16N4O2/c13-10(17)4-5-16-12(18)8-2-1-3-9-11(8)15-7-6-14-9/h1-3,14-15H,4-7H2,(H2,13,17)(H,16,18). The van der Waals surface area contributed by atoms with Crippen molar-refractivity contribution in [3.05, 3.63) is 23.8 Å². The second-order valence-corrected chi connectivity index (χ2v) is 4.05. The van der Waals surface area contributed by atoms with E-state index in [0.29, 0.717) is 5.56 Å². The van der Waals surface area contributed by atoms with Crippen LogP contribution in [0.3, 0.4) is 0 Å². The summed E-state index contributed by atoms with van der Waals surface area (Å²) < 4.78 is 0. The molecular weight excluding hydrogens is 232 g/mol. The largest absolute Gasteiger partial charge is 0.382 e. The quantitative estimate of drug-likeness (QED) is 0.609. The van der Waals surface area contributed by atoms with Gasteiger partial charge in [0, 0.05) is 26.1 Å². The summed E-state index contributed by atoms with van der Waals surface area (Å²) in [5.41, 5.74) is 7.31. The Kier molecular flexibility index (Phi) is 3.66. The van der Waals surface area contributed by atoms with Gasteiger partial charge in [0.05, 0.1) is 16.9 Å². The molecule has 0 atom stereocenters. The van der Waals surface area contributed by atoms with Crippen molar-refractivity contribution in [3.8, 4) is 0 Å². The number of nitrogens with one attached hydrogen (secondary N) is 3. The monoisotopic (exact) mass is 248 g/mol. The van der Waals surface area contributed by atoms with Crippen LogP contribution in [0.25, 0.3) is 0 Å². The topological polar surface area (TPSA) is 96.2 Å². The fourth-order valence-electron chi connectivity index (χ4n) is 1.86. The van der Waals surface area contributed by atoms with Gasteiger partial charge in [-0.1, -0.05) is 6.07 Å². The number of anilines is 2. The van der Waals surface area contributed by atoms with E-state index >= 15 is 0 Å². The highest BCUT2D eigenvalue weighted by Gasteiger charge is 2.16. The Bertz CT molecular complexity index is 473. The molecule has 0 saturated heterocycles. The van der Waals surface area contributed by atoms with Gasteiger partial charge in [0.25, 0.3) is 5.91 Å². The minimum Gasteiger partial charge on any atom is -0.382 e. The van der Waals surface area contributed by atoms with Gasteiger partial charge in [-0.3, -0.25) is 9.59 Å². The molecule has 0 aromatic heterocycles. The third-order valence-electron chi connectivity index (χ3n) is 2.71. The van der Waals surface area contributed by atoms with Crippen molar-refractivity contribution in [2.75, 3.05) is 30.3 Å². The number of primary amides is 1. The fraction of sp³-hybridized carbons (Fsp3) is 0.333. The molecule has 6 nitrogen and oxygen atoms in total. The molecule has 0 bridgehead atoms. The highest BCUT2D eigenvalue weighted by molar-refractivity contribution is 6.02. The zero-order valence-corrected chi connectivity index (χ0v) is 9.95. The number of fused-ring (bicyclic) bond motifs is 1. The van der Waals surface area contributed by atoms with Gasteiger partial charge in [0.15, 0.2) is 0 Å². The second-order valence-electron chi connectivity index (χ2n) is 4.05. The highest BCUT2D eigenvalue weighted by atomic mass is 16.2. The predicted molar refractivity (Wildman–Crippen MR) is 69.6 cm³/mol. The molecule has 0 aliphatic carbocycles. The van der Waals surface area contributed by atoms with Gasteiger partial charge >= 0.3 is 0 Å². The lowest BCUT2D eigenvalue weighted by molar-refractivity contribution is -0.117. The van der Waals surface area contributed by atoms with E-state index < -0.39 is 5.91 Å². The van der Waals surface area contributed by atoms with Gasteiger partial charge in [0.1, 0.15) is 0 Å². The molecule has 6 heteroatoms. The molecule has 2 amide bonds. The van der Waals surface area contributed by atoms with Crippen molar-refractivity contribution < 1.29 is 9.59 Å². The van der Waals surface area contributed by atoms with E-state index in [1.54, 1.807) is 6.07 Å². The van der Waals surface area contributed by atoms with Gasteiger partial charge in [-0.25, -0.2) is 0 Å². The Morgan fingerprint density at radius 1 is 1.28 bits per heavy atom. The first-order chi connectivity index (χ1) is 8.68. The molecule has 0 saturated carbocycles. The van der Waals surface area contributed by atoms with E-state index in [1.807, 2.05) is 12.1 Å². The highest BCUT2D eigenvalue weighted by Crippen LogP contribution is 2.28. The van der Waals surface area contributed by atoms with Crippen LogP contribution in [0, 0.1) is 0 Å². The molecule has 2 rings (SSSR count). The molecular formula is C12H16N4O2. The van der Waals surface area contributed by atoms with E-state index in [9.17, 15) is 9.59 Å². The van der Waals surface area contributed by atoms with Crippen molar-refractivity contribution in [2.45, 2.75) is 6.42 Å². The molecule has 18 heavy (non-hydrogen) atoms. The summed E-state index contributed by atoms with van der Waals surface area (Å²) in [6.45, 7) is 1.86. The predicted octanol–water partition coefficient (Wildman–Crippen LogP) is 0.129. The average molecular weight is 248 g/mol. The minimum atomic E-state index is -0.426. The Hall–Kier alpha value is -2.24. The zero-order chi connectivity index (χ0) is 13.0. The number of para-hydroxylation sites is 1. The van der Waals surface area contributed by atoms with Crippen LogP contribution >= 0.6 is 0 Å². The van der Waals surface area contributed by atoms with Crippen LogP contribution in [0.2, 0.25) is 0 Å². The molecule has 1 aromatic rings. The van der Waals surface area contributed by atoms with E-state index in [2.05, 4.69) is 16.0 Å². The molecule has 0 fully saturated rings. The number of nitrogens with two attached hydrogens (primary N) is 1. The van der Waals surface area contributed by atoms with Crippen LogP contribution in [-0.2, 0) is 4.79 Å². The molecule has 1 heterocycles. The summed E-state index contributed by atoms with van der Waals surface area (Å²) in [6, 6.07) is 5.49.